The fraction of sp³-hybridized carbons (Fsp3) is 0.167. The Bertz CT molecular complexity index is 1480. The number of hydrogen-bond acceptors (Lipinski definition) is 5. The Morgan fingerprint density at radius 2 is 1.66 bits per heavy atom. The van der Waals surface area contributed by atoms with Crippen molar-refractivity contribution in [1.82, 2.24) is 29.4 Å². The van der Waals surface area contributed by atoms with Crippen molar-refractivity contribution in [3.63, 3.8) is 0 Å². The summed E-state index contributed by atoms with van der Waals surface area (Å²) in [5, 5.41) is 9.96. The molecule has 1 atom stereocenters. The summed E-state index contributed by atoms with van der Waals surface area (Å²) in [6.45, 7) is 5.96. The number of nitrogens with zero attached hydrogens (tertiary/aromatic N) is 6. The second kappa shape index (κ2) is 6.90. The molecule has 0 aliphatic carbocycles. The molecule has 0 spiro atoms. The molecule has 0 fully saturated rings. The number of fused-ring (bicyclic) bond motifs is 4. The lowest BCUT2D eigenvalue weighted by molar-refractivity contribution is 0.402. The molecule has 2 aromatic carbocycles. The average molecular weight is 443 g/mol. The van der Waals surface area contributed by atoms with E-state index in [2.05, 4.69) is 46.3 Å². The number of halogens is 1. The van der Waals surface area contributed by atoms with Crippen molar-refractivity contribution in [3.05, 3.63) is 93.7 Å². The molecule has 8 heteroatoms. The molecule has 4 heterocycles. The molecule has 7 nitrogen and oxygen atoms in total. The maximum absolute atomic E-state index is 6.38. The quantitative estimate of drug-likeness (QED) is 0.370. The molecule has 1 aliphatic heterocycles. The van der Waals surface area contributed by atoms with Gasteiger partial charge < -0.3 is 4.74 Å². The molecule has 32 heavy (non-hydrogen) atoms. The van der Waals surface area contributed by atoms with Gasteiger partial charge in [0.1, 0.15) is 12.2 Å². The van der Waals surface area contributed by atoms with Crippen molar-refractivity contribution in [3.8, 4) is 17.4 Å². The van der Waals surface area contributed by atoms with Gasteiger partial charge in [-0.25, -0.2) is 19.2 Å². The predicted molar refractivity (Wildman–Crippen MR) is 121 cm³/mol. The first-order valence-corrected chi connectivity index (χ1v) is 10.7. The molecule has 5 aromatic rings. The van der Waals surface area contributed by atoms with Crippen LogP contribution in [0.1, 0.15) is 39.7 Å². The van der Waals surface area contributed by atoms with Gasteiger partial charge in [0, 0.05) is 5.02 Å². The number of rotatable bonds is 2. The fourth-order valence-corrected chi connectivity index (χ4v) is 4.46. The Balaban J connectivity index is 1.65. The summed E-state index contributed by atoms with van der Waals surface area (Å²) in [6, 6.07) is 16.1. The molecule has 6 rings (SSSR count). The Kier molecular flexibility index (Phi) is 4.10. The molecule has 0 saturated heterocycles. The minimum atomic E-state index is -0.143. The van der Waals surface area contributed by atoms with Crippen molar-refractivity contribution in [2.45, 2.75) is 26.7 Å². The predicted octanol–water partition coefficient (Wildman–Crippen LogP) is 5.17. The topological polar surface area (TPSA) is 70.1 Å². The van der Waals surface area contributed by atoms with Gasteiger partial charge >= 0.3 is 0 Å². The maximum atomic E-state index is 6.38. The van der Waals surface area contributed by atoms with E-state index in [1.54, 1.807) is 10.8 Å². The van der Waals surface area contributed by atoms with Gasteiger partial charge in [-0.15, -0.1) is 0 Å². The molecule has 0 unspecified atom stereocenters. The van der Waals surface area contributed by atoms with Gasteiger partial charge in [0.15, 0.2) is 5.65 Å². The van der Waals surface area contributed by atoms with E-state index >= 15 is 0 Å². The van der Waals surface area contributed by atoms with Crippen LogP contribution in [0, 0.1) is 20.8 Å². The number of benzene rings is 2. The fourth-order valence-electron chi connectivity index (χ4n) is 4.33. The minimum absolute atomic E-state index is 0.143. The molecule has 0 N–H and O–H groups in total. The van der Waals surface area contributed by atoms with Gasteiger partial charge in [-0.3, -0.25) is 0 Å². The first kappa shape index (κ1) is 19.0. The Morgan fingerprint density at radius 1 is 0.906 bits per heavy atom. The Hall–Kier alpha value is -3.71. The zero-order valence-electron chi connectivity index (χ0n) is 17.7. The summed E-state index contributed by atoms with van der Waals surface area (Å²) < 4.78 is 9.90. The number of ether oxygens (including phenoxy) is 1. The summed E-state index contributed by atoms with van der Waals surface area (Å²) in [5.74, 6) is 1.70. The van der Waals surface area contributed by atoms with E-state index in [9.17, 15) is 0 Å². The van der Waals surface area contributed by atoms with E-state index in [0.717, 1.165) is 33.7 Å². The van der Waals surface area contributed by atoms with E-state index in [4.69, 9.17) is 21.4 Å². The molecular weight excluding hydrogens is 424 g/mol. The van der Waals surface area contributed by atoms with Crippen LogP contribution >= 0.6 is 11.6 Å². The van der Waals surface area contributed by atoms with E-state index in [1.807, 2.05) is 42.8 Å². The monoisotopic (exact) mass is 442 g/mol. The summed E-state index contributed by atoms with van der Waals surface area (Å²) in [7, 11) is 0. The average Bonchev–Trinajstić information content (AvgIpc) is 3.33. The molecule has 0 bridgehead atoms. The standard InChI is InChI=1S/C24H19ClN6O/c1-13-4-6-16(7-5-13)20-19-14(2)28-31(18-10-8-17(25)9-11-18)24(19)32-23-21(20)22-27-15(3)29-30(22)12-26-23/h4-12,20H,1-3H3/t20-/m0/s1. The summed E-state index contributed by atoms with van der Waals surface area (Å²) in [5.41, 5.74) is 6.69. The normalized spacial score (nSPS) is 14.8. The van der Waals surface area contributed by atoms with Crippen molar-refractivity contribution < 1.29 is 4.74 Å². The highest BCUT2D eigenvalue weighted by molar-refractivity contribution is 6.30. The van der Waals surface area contributed by atoms with Crippen LogP contribution in [0.25, 0.3) is 11.3 Å². The van der Waals surface area contributed by atoms with Crippen LogP contribution in [0.5, 0.6) is 11.8 Å². The molecule has 158 valence electrons. The van der Waals surface area contributed by atoms with Crippen LogP contribution in [0.4, 0.5) is 0 Å². The summed E-state index contributed by atoms with van der Waals surface area (Å²) in [6.07, 6.45) is 1.64. The van der Waals surface area contributed by atoms with Gasteiger partial charge in [0.25, 0.3) is 0 Å². The van der Waals surface area contributed by atoms with Crippen LogP contribution < -0.4 is 4.74 Å². The number of aromatic nitrogens is 6. The molecular formula is C24H19ClN6O. The van der Waals surface area contributed by atoms with Gasteiger partial charge in [0.05, 0.1) is 28.4 Å². The van der Waals surface area contributed by atoms with Crippen molar-refractivity contribution in [2.24, 2.45) is 0 Å². The van der Waals surface area contributed by atoms with Gasteiger partial charge in [-0.1, -0.05) is 41.4 Å². The second-order valence-corrected chi connectivity index (χ2v) is 8.47. The molecule has 1 aliphatic rings. The second-order valence-electron chi connectivity index (χ2n) is 8.03. The van der Waals surface area contributed by atoms with E-state index in [-0.39, 0.29) is 5.92 Å². The first-order valence-electron chi connectivity index (χ1n) is 10.3. The third-order valence-electron chi connectivity index (χ3n) is 5.81. The lowest BCUT2D eigenvalue weighted by atomic mass is 9.84. The third kappa shape index (κ3) is 2.81. The number of hydrogen-bond donors (Lipinski definition) is 0. The van der Waals surface area contributed by atoms with E-state index < -0.39 is 0 Å². The van der Waals surface area contributed by atoms with Gasteiger partial charge in [-0.2, -0.15) is 10.2 Å². The smallest absolute Gasteiger partial charge is 0.230 e. The van der Waals surface area contributed by atoms with Crippen LogP contribution in [-0.4, -0.2) is 29.4 Å². The number of aryl methyl sites for hydroxylation is 3. The van der Waals surface area contributed by atoms with E-state index in [0.29, 0.717) is 22.6 Å². The molecule has 0 radical (unpaired) electrons. The highest BCUT2D eigenvalue weighted by atomic mass is 35.5. The maximum Gasteiger partial charge on any atom is 0.230 e. The molecule has 3 aromatic heterocycles. The zero-order valence-corrected chi connectivity index (χ0v) is 18.5. The van der Waals surface area contributed by atoms with Crippen LogP contribution in [0.15, 0.2) is 54.9 Å². The largest absolute Gasteiger partial charge is 0.420 e. The Labute approximate surface area is 189 Å². The SMILES string of the molecule is Cc1ccc([C@H]2c3c(C)nn(-c4ccc(Cl)cc4)c3Oc3ncn4nc(C)nc4c32)cc1. The summed E-state index contributed by atoms with van der Waals surface area (Å²) in [4.78, 5) is 9.27. The van der Waals surface area contributed by atoms with Crippen LogP contribution in [0.2, 0.25) is 5.02 Å². The van der Waals surface area contributed by atoms with E-state index in [1.165, 1.54) is 5.56 Å². The molecule has 0 saturated carbocycles. The zero-order chi connectivity index (χ0) is 22.0. The van der Waals surface area contributed by atoms with Crippen LogP contribution in [-0.2, 0) is 0 Å². The van der Waals surface area contributed by atoms with Crippen molar-refractivity contribution in [1.29, 1.82) is 0 Å². The third-order valence-corrected chi connectivity index (χ3v) is 6.06. The van der Waals surface area contributed by atoms with Crippen LogP contribution in [0.3, 0.4) is 0 Å². The lowest BCUT2D eigenvalue weighted by Crippen LogP contribution is -2.16. The molecule has 0 amide bonds. The minimum Gasteiger partial charge on any atom is -0.420 e. The highest BCUT2D eigenvalue weighted by Gasteiger charge is 2.37. The Morgan fingerprint density at radius 3 is 2.41 bits per heavy atom. The summed E-state index contributed by atoms with van der Waals surface area (Å²) >= 11 is 6.10. The first-order chi connectivity index (χ1) is 15.5. The lowest BCUT2D eigenvalue weighted by Gasteiger charge is -2.26. The van der Waals surface area contributed by atoms with Gasteiger partial charge in [0.2, 0.25) is 11.8 Å². The van der Waals surface area contributed by atoms with Crippen molar-refractivity contribution >= 4 is 17.2 Å². The highest BCUT2D eigenvalue weighted by Crippen LogP contribution is 2.49. The van der Waals surface area contributed by atoms with Crippen molar-refractivity contribution in [2.75, 3.05) is 0 Å². The van der Waals surface area contributed by atoms with Gasteiger partial charge in [-0.05, 0) is 50.6 Å².